The van der Waals surface area contributed by atoms with Crippen LogP contribution in [0.2, 0.25) is 0 Å². The molecule has 12 aromatic rings. The second kappa shape index (κ2) is 4.87. The molecule has 0 fully saturated rings. The lowest BCUT2D eigenvalue weighted by molar-refractivity contribution is 0.762. The van der Waals surface area contributed by atoms with Crippen molar-refractivity contribution in [2.24, 2.45) is 0 Å². The zero-order chi connectivity index (χ0) is 23.3. The molecular formula is C36H14O. The summed E-state index contributed by atoms with van der Waals surface area (Å²) in [7, 11) is 0. The van der Waals surface area contributed by atoms with Crippen LogP contribution in [0.1, 0.15) is 0 Å². The van der Waals surface area contributed by atoms with E-state index in [1.807, 2.05) is 0 Å². The van der Waals surface area contributed by atoms with E-state index in [0.29, 0.717) is 0 Å². The van der Waals surface area contributed by atoms with Crippen LogP contribution in [0.25, 0.3) is 119 Å². The third-order valence-electron chi connectivity index (χ3n) is 9.69. The Morgan fingerprint density at radius 3 is 1.54 bits per heavy atom. The van der Waals surface area contributed by atoms with Gasteiger partial charge in [-0.3, -0.25) is 0 Å². The standard InChI is InChI=1S/C36H14O/c1-2-4-20-19(3-1)21-11-9-15-5-7-17-13-18-8-6-16-10-12-22-30-26(16)28(18)33-27(17)25(15)29(21)31-23(20)14-24(32(30)34(31)33)36-35(22)37-36/h1-14H. The van der Waals surface area contributed by atoms with Crippen molar-refractivity contribution in [3.05, 3.63) is 84.9 Å². The van der Waals surface area contributed by atoms with E-state index in [-0.39, 0.29) is 0 Å². The summed E-state index contributed by atoms with van der Waals surface area (Å²) in [5.41, 5.74) is 2.14. The van der Waals surface area contributed by atoms with E-state index in [0.717, 1.165) is 11.2 Å². The van der Waals surface area contributed by atoms with Gasteiger partial charge in [0.05, 0.1) is 0 Å². The molecule has 1 heteroatoms. The fourth-order valence-electron chi connectivity index (χ4n) is 8.35. The van der Waals surface area contributed by atoms with Crippen LogP contribution in [0.4, 0.5) is 0 Å². The summed E-state index contributed by atoms with van der Waals surface area (Å²) in [6.45, 7) is 0. The molecule has 0 spiro atoms. The molecule has 1 heterocycles. The molecule has 37 heavy (non-hydrogen) atoms. The highest BCUT2D eigenvalue weighted by atomic mass is 16.4. The minimum absolute atomic E-state index is 1.07. The van der Waals surface area contributed by atoms with Gasteiger partial charge < -0.3 is 4.42 Å². The topological polar surface area (TPSA) is 13.1 Å². The molecule has 12 rings (SSSR count). The zero-order valence-electron chi connectivity index (χ0n) is 19.5. The average Bonchev–Trinajstić information content (AvgIpc) is 3.76. The lowest BCUT2D eigenvalue weighted by Gasteiger charge is -2.25. The van der Waals surface area contributed by atoms with Crippen molar-refractivity contribution < 1.29 is 4.42 Å². The summed E-state index contributed by atoms with van der Waals surface area (Å²) < 4.78 is 6.27. The van der Waals surface area contributed by atoms with Gasteiger partial charge in [-0.05, 0) is 99.0 Å². The van der Waals surface area contributed by atoms with Crippen LogP contribution in [-0.2, 0) is 0 Å². The molecule has 0 radical (unpaired) electrons. The van der Waals surface area contributed by atoms with Crippen LogP contribution in [0.15, 0.2) is 89.3 Å². The molecule has 0 unspecified atom stereocenters. The van der Waals surface area contributed by atoms with Gasteiger partial charge in [-0.1, -0.05) is 66.7 Å². The maximum absolute atomic E-state index is 6.27. The maximum atomic E-state index is 6.27. The first-order valence-corrected chi connectivity index (χ1v) is 13.0. The van der Waals surface area contributed by atoms with E-state index in [9.17, 15) is 0 Å². The second-order valence-electron chi connectivity index (χ2n) is 11.2. The van der Waals surface area contributed by atoms with Gasteiger partial charge in [0.15, 0.2) is 11.2 Å². The van der Waals surface area contributed by atoms with Crippen LogP contribution in [0.3, 0.4) is 0 Å². The van der Waals surface area contributed by atoms with Crippen LogP contribution in [0.5, 0.6) is 0 Å². The largest absolute Gasteiger partial charge is 0.448 e. The summed E-state index contributed by atoms with van der Waals surface area (Å²) in [5.74, 6) is 0. The molecule has 0 N–H and O–H groups in total. The van der Waals surface area contributed by atoms with Crippen molar-refractivity contribution in [1.29, 1.82) is 0 Å². The SMILES string of the molecule is c1ccc2c(c1)c1ccc3ccc4cc5ccc6ccc7c8oc8c8cc2c2c1c3c4c1c5c6c7c8c21. The number of benzene rings is 11. The molecule has 0 aliphatic rings. The average molecular weight is 463 g/mol. The summed E-state index contributed by atoms with van der Waals surface area (Å²) in [6, 6.07) is 32.4. The van der Waals surface area contributed by atoms with Crippen molar-refractivity contribution >= 4 is 119 Å². The minimum Gasteiger partial charge on any atom is -0.448 e. The Bertz CT molecular complexity index is 2880. The third-order valence-corrected chi connectivity index (χ3v) is 9.69. The van der Waals surface area contributed by atoms with Crippen molar-refractivity contribution in [1.82, 2.24) is 0 Å². The Labute approximate surface area is 208 Å². The molecule has 0 saturated heterocycles. The third kappa shape index (κ3) is 1.51. The number of hydrogen-bond donors (Lipinski definition) is 0. The van der Waals surface area contributed by atoms with E-state index in [4.69, 9.17) is 4.42 Å². The Morgan fingerprint density at radius 2 is 0.784 bits per heavy atom. The quantitative estimate of drug-likeness (QED) is 0.161. The van der Waals surface area contributed by atoms with Crippen molar-refractivity contribution in [2.75, 3.05) is 0 Å². The summed E-state index contributed by atoms with van der Waals surface area (Å²) in [4.78, 5) is 0. The van der Waals surface area contributed by atoms with Crippen molar-refractivity contribution in [2.45, 2.75) is 0 Å². The Balaban J connectivity index is 1.66. The molecule has 1 nitrogen and oxygen atoms in total. The fourth-order valence-corrected chi connectivity index (χ4v) is 8.35. The fraction of sp³-hybridized carbons (Fsp3) is 0. The summed E-state index contributed by atoms with van der Waals surface area (Å²) >= 11 is 0. The van der Waals surface area contributed by atoms with E-state index in [2.05, 4.69) is 84.9 Å². The van der Waals surface area contributed by atoms with Gasteiger partial charge in [0.2, 0.25) is 0 Å². The van der Waals surface area contributed by atoms with Gasteiger partial charge in [0.25, 0.3) is 0 Å². The van der Waals surface area contributed by atoms with E-state index in [1.54, 1.807) is 0 Å². The van der Waals surface area contributed by atoms with E-state index >= 15 is 0 Å². The van der Waals surface area contributed by atoms with Gasteiger partial charge >= 0.3 is 0 Å². The first-order chi connectivity index (χ1) is 18.4. The van der Waals surface area contributed by atoms with Gasteiger partial charge in [-0.25, -0.2) is 0 Å². The monoisotopic (exact) mass is 462 g/mol. The molecular weight excluding hydrogens is 448 g/mol. The Morgan fingerprint density at radius 1 is 0.297 bits per heavy atom. The maximum Gasteiger partial charge on any atom is 0.178 e. The van der Waals surface area contributed by atoms with Gasteiger partial charge in [0, 0.05) is 26.9 Å². The highest BCUT2D eigenvalue weighted by molar-refractivity contribution is 6.56. The van der Waals surface area contributed by atoms with Gasteiger partial charge in [-0.15, -0.1) is 0 Å². The molecule has 0 bridgehead atoms. The van der Waals surface area contributed by atoms with Crippen molar-refractivity contribution in [3.63, 3.8) is 0 Å². The van der Waals surface area contributed by atoms with Crippen molar-refractivity contribution in [3.8, 4) is 0 Å². The smallest absolute Gasteiger partial charge is 0.178 e. The zero-order valence-corrected chi connectivity index (χ0v) is 19.5. The molecule has 1 aromatic heterocycles. The Hall–Kier alpha value is -4.88. The number of rotatable bonds is 0. The predicted molar refractivity (Wildman–Crippen MR) is 158 cm³/mol. The second-order valence-corrected chi connectivity index (χ2v) is 11.2. The summed E-state index contributed by atoms with van der Waals surface area (Å²) in [5, 5.41) is 27.4. The Kier molecular flexibility index (Phi) is 2.20. The van der Waals surface area contributed by atoms with Crippen LogP contribution in [0, 0.1) is 0 Å². The van der Waals surface area contributed by atoms with E-state index in [1.165, 1.54) is 108 Å². The minimum atomic E-state index is 1.07. The first-order valence-electron chi connectivity index (χ1n) is 13.0. The highest BCUT2D eigenvalue weighted by Gasteiger charge is 2.30. The lowest BCUT2D eigenvalue weighted by Crippen LogP contribution is -1.97. The number of hydrogen-bond acceptors (Lipinski definition) is 1. The molecule has 164 valence electrons. The van der Waals surface area contributed by atoms with Crippen LogP contribution in [-0.4, -0.2) is 0 Å². The molecule has 0 aliphatic carbocycles. The normalized spacial score (nSPS) is 13.9. The molecule has 0 saturated carbocycles. The molecule has 0 amide bonds. The molecule has 0 aliphatic heterocycles. The summed E-state index contributed by atoms with van der Waals surface area (Å²) in [6.07, 6.45) is 0. The molecule has 0 atom stereocenters. The van der Waals surface area contributed by atoms with Gasteiger partial charge in [0.1, 0.15) is 0 Å². The van der Waals surface area contributed by atoms with Crippen LogP contribution >= 0.6 is 0 Å². The van der Waals surface area contributed by atoms with Gasteiger partial charge in [-0.2, -0.15) is 0 Å². The predicted octanol–water partition coefficient (Wildman–Crippen LogP) is 10.6. The first kappa shape index (κ1) is 16.7. The highest BCUT2D eigenvalue weighted by Crippen LogP contribution is 2.58. The van der Waals surface area contributed by atoms with E-state index < -0.39 is 0 Å². The lowest BCUT2D eigenvalue weighted by atomic mass is 9.76. The van der Waals surface area contributed by atoms with Crippen LogP contribution < -0.4 is 0 Å². The molecule has 11 aromatic carbocycles. The number of fused-ring (bicyclic) bond motifs is 6.